The highest BCUT2D eigenvalue weighted by molar-refractivity contribution is 5.02. The number of ether oxygens (including phenoxy) is 1. The van der Waals surface area contributed by atoms with Gasteiger partial charge >= 0.3 is 0 Å². The van der Waals surface area contributed by atoms with E-state index in [-0.39, 0.29) is 0 Å². The third-order valence-corrected chi connectivity index (χ3v) is 2.70. The monoisotopic (exact) mass is 167 g/mol. The first-order valence-corrected chi connectivity index (χ1v) is 4.90. The molecule has 0 aromatic heterocycles. The molecule has 0 bridgehead atoms. The van der Waals surface area contributed by atoms with Gasteiger partial charge in [-0.1, -0.05) is 12.2 Å². The zero-order chi connectivity index (χ0) is 8.39. The van der Waals surface area contributed by atoms with E-state index in [2.05, 4.69) is 24.4 Å². The van der Waals surface area contributed by atoms with Crippen LogP contribution in [0.3, 0.4) is 0 Å². The van der Waals surface area contributed by atoms with E-state index in [1.807, 2.05) is 0 Å². The minimum Gasteiger partial charge on any atom is -0.375 e. The van der Waals surface area contributed by atoms with Crippen molar-refractivity contribution in [3.63, 3.8) is 0 Å². The van der Waals surface area contributed by atoms with Gasteiger partial charge in [0.1, 0.15) is 0 Å². The maximum atomic E-state index is 5.75. The summed E-state index contributed by atoms with van der Waals surface area (Å²) in [5.74, 6) is 0. The van der Waals surface area contributed by atoms with Gasteiger partial charge in [-0.05, 0) is 26.2 Å². The summed E-state index contributed by atoms with van der Waals surface area (Å²) < 4.78 is 5.75. The van der Waals surface area contributed by atoms with Gasteiger partial charge in [-0.15, -0.1) is 0 Å². The Morgan fingerprint density at radius 3 is 3.00 bits per heavy atom. The Labute approximate surface area is 74.0 Å². The molecular weight excluding hydrogens is 150 g/mol. The van der Waals surface area contributed by atoms with E-state index in [1.165, 1.54) is 12.8 Å². The molecule has 1 fully saturated rings. The Balaban J connectivity index is 1.76. The van der Waals surface area contributed by atoms with Crippen molar-refractivity contribution in [3.05, 3.63) is 12.2 Å². The van der Waals surface area contributed by atoms with E-state index in [4.69, 9.17) is 4.74 Å². The molecular formula is C10H17NO. The lowest BCUT2D eigenvalue weighted by Gasteiger charge is -2.15. The molecule has 0 aliphatic carbocycles. The van der Waals surface area contributed by atoms with E-state index >= 15 is 0 Å². The van der Waals surface area contributed by atoms with Crippen LogP contribution in [0.2, 0.25) is 0 Å². The first-order chi connectivity index (χ1) is 5.84. The van der Waals surface area contributed by atoms with Crippen molar-refractivity contribution in [2.24, 2.45) is 0 Å². The Morgan fingerprint density at radius 2 is 2.42 bits per heavy atom. The quantitative estimate of drug-likeness (QED) is 0.629. The van der Waals surface area contributed by atoms with E-state index < -0.39 is 0 Å². The van der Waals surface area contributed by atoms with Crippen molar-refractivity contribution in [2.45, 2.75) is 44.4 Å². The molecule has 2 aliphatic rings. The van der Waals surface area contributed by atoms with Crippen LogP contribution in [0.25, 0.3) is 0 Å². The van der Waals surface area contributed by atoms with Crippen LogP contribution in [0.5, 0.6) is 0 Å². The number of rotatable bonds is 2. The normalized spacial score (nSPS) is 40.9. The molecule has 0 spiro atoms. The second-order valence-electron chi connectivity index (χ2n) is 3.82. The topological polar surface area (TPSA) is 21.3 Å². The number of nitrogens with one attached hydrogen (secondary N) is 1. The van der Waals surface area contributed by atoms with Gasteiger partial charge in [0.2, 0.25) is 0 Å². The Kier molecular flexibility index (Phi) is 2.47. The van der Waals surface area contributed by atoms with Crippen molar-refractivity contribution < 1.29 is 4.74 Å². The van der Waals surface area contributed by atoms with Crippen LogP contribution in [0, 0.1) is 0 Å². The van der Waals surface area contributed by atoms with Crippen LogP contribution in [-0.2, 0) is 4.74 Å². The highest BCUT2D eigenvalue weighted by Gasteiger charge is 2.24. The lowest BCUT2D eigenvalue weighted by molar-refractivity contribution is 0.0480. The molecule has 0 radical (unpaired) electrons. The third-order valence-electron chi connectivity index (χ3n) is 2.70. The van der Waals surface area contributed by atoms with Gasteiger partial charge in [-0.2, -0.15) is 0 Å². The SMILES string of the molecule is CC1CCC(CC2C=CCN2)O1. The number of hydrogen-bond donors (Lipinski definition) is 1. The van der Waals surface area contributed by atoms with E-state index in [0.29, 0.717) is 18.2 Å². The molecule has 0 amide bonds. The maximum Gasteiger partial charge on any atom is 0.0597 e. The molecule has 0 aromatic rings. The summed E-state index contributed by atoms with van der Waals surface area (Å²) in [6.07, 6.45) is 9.07. The van der Waals surface area contributed by atoms with E-state index in [0.717, 1.165) is 13.0 Å². The summed E-state index contributed by atoms with van der Waals surface area (Å²) >= 11 is 0. The van der Waals surface area contributed by atoms with Gasteiger partial charge in [0, 0.05) is 12.6 Å². The molecule has 1 saturated heterocycles. The number of hydrogen-bond acceptors (Lipinski definition) is 2. The molecule has 1 N–H and O–H groups in total. The summed E-state index contributed by atoms with van der Waals surface area (Å²) in [7, 11) is 0. The Bertz CT molecular complexity index is 179. The highest BCUT2D eigenvalue weighted by Crippen LogP contribution is 2.23. The minimum atomic E-state index is 0.486. The van der Waals surface area contributed by atoms with Gasteiger partial charge in [0.25, 0.3) is 0 Å². The van der Waals surface area contributed by atoms with E-state index in [1.54, 1.807) is 0 Å². The molecule has 68 valence electrons. The summed E-state index contributed by atoms with van der Waals surface area (Å²) in [4.78, 5) is 0. The van der Waals surface area contributed by atoms with Crippen molar-refractivity contribution in [1.29, 1.82) is 0 Å². The smallest absolute Gasteiger partial charge is 0.0597 e. The first kappa shape index (κ1) is 8.27. The van der Waals surface area contributed by atoms with Gasteiger partial charge in [0.15, 0.2) is 0 Å². The summed E-state index contributed by atoms with van der Waals surface area (Å²) in [5.41, 5.74) is 0. The predicted molar refractivity (Wildman–Crippen MR) is 49.1 cm³/mol. The maximum absolute atomic E-state index is 5.75. The summed E-state index contributed by atoms with van der Waals surface area (Å²) in [5, 5.41) is 3.41. The van der Waals surface area contributed by atoms with Crippen LogP contribution in [-0.4, -0.2) is 24.8 Å². The zero-order valence-electron chi connectivity index (χ0n) is 7.62. The molecule has 3 unspecified atom stereocenters. The second kappa shape index (κ2) is 3.58. The fourth-order valence-corrected chi connectivity index (χ4v) is 2.02. The summed E-state index contributed by atoms with van der Waals surface area (Å²) in [6.45, 7) is 3.20. The largest absolute Gasteiger partial charge is 0.375 e. The van der Waals surface area contributed by atoms with Crippen LogP contribution in [0.1, 0.15) is 26.2 Å². The molecule has 2 heterocycles. The third kappa shape index (κ3) is 1.87. The van der Waals surface area contributed by atoms with Crippen molar-refractivity contribution in [3.8, 4) is 0 Å². The molecule has 3 atom stereocenters. The Hall–Kier alpha value is -0.340. The lowest BCUT2D eigenvalue weighted by Crippen LogP contribution is -2.27. The van der Waals surface area contributed by atoms with Gasteiger partial charge in [0.05, 0.1) is 12.2 Å². The van der Waals surface area contributed by atoms with Crippen LogP contribution in [0.4, 0.5) is 0 Å². The zero-order valence-corrected chi connectivity index (χ0v) is 7.62. The van der Waals surface area contributed by atoms with E-state index in [9.17, 15) is 0 Å². The van der Waals surface area contributed by atoms with Gasteiger partial charge in [-0.25, -0.2) is 0 Å². The average molecular weight is 167 g/mol. The standard InChI is InChI=1S/C10H17NO/c1-8-4-5-10(12-8)7-9-3-2-6-11-9/h2-3,8-11H,4-7H2,1H3. The molecule has 0 aromatic carbocycles. The highest BCUT2D eigenvalue weighted by atomic mass is 16.5. The molecule has 2 heteroatoms. The fourth-order valence-electron chi connectivity index (χ4n) is 2.02. The van der Waals surface area contributed by atoms with Crippen molar-refractivity contribution >= 4 is 0 Å². The van der Waals surface area contributed by atoms with Gasteiger partial charge < -0.3 is 10.1 Å². The van der Waals surface area contributed by atoms with Crippen LogP contribution in [0.15, 0.2) is 12.2 Å². The molecule has 2 rings (SSSR count). The fraction of sp³-hybridized carbons (Fsp3) is 0.800. The lowest BCUT2D eigenvalue weighted by atomic mass is 10.1. The van der Waals surface area contributed by atoms with Crippen molar-refractivity contribution in [2.75, 3.05) is 6.54 Å². The van der Waals surface area contributed by atoms with Crippen molar-refractivity contribution in [1.82, 2.24) is 5.32 Å². The predicted octanol–water partition coefficient (Wildman–Crippen LogP) is 1.47. The Morgan fingerprint density at radius 1 is 1.50 bits per heavy atom. The molecule has 2 aliphatic heterocycles. The van der Waals surface area contributed by atoms with Gasteiger partial charge in [-0.3, -0.25) is 0 Å². The van der Waals surface area contributed by atoms with Crippen LogP contribution >= 0.6 is 0 Å². The van der Waals surface area contributed by atoms with Crippen LogP contribution < -0.4 is 5.32 Å². The summed E-state index contributed by atoms with van der Waals surface area (Å²) in [6, 6.07) is 0.570. The molecule has 2 nitrogen and oxygen atoms in total. The average Bonchev–Trinajstić information content (AvgIpc) is 2.63. The molecule has 0 saturated carbocycles. The molecule has 12 heavy (non-hydrogen) atoms. The second-order valence-corrected chi connectivity index (χ2v) is 3.82. The first-order valence-electron chi connectivity index (χ1n) is 4.90. The minimum absolute atomic E-state index is 0.486.